The van der Waals surface area contributed by atoms with Gasteiger partial charge in [0.15, 0.2) is 0 Å². The van der Waals surface area contributed by atoms with E-state index in [1.165, 1.54) is 36.0 Å². The van der Waals surface area contributed by atoms with E-state index in [1.54, 1.807) is 18.2 Å². The zero-order valence-corrected chi connectivity index (χ0v) is 14.2. The molecule has 24 heavy (non-hydrogen) atoms. The molecule has 124 valence electrons. The molecular formula is C16H13N2O4S2-. The summed E-state index contributed by atoms with van der Waals surface area (Å²) < 4.78 is 21.6. The Morgan fingerprint density at radius 2 is 1.96 bits per heavy atom. The molecule has 0 bridgehead atoms. The average Bonchev–Trinajstić information content (AvgIpc) is 2.56. The lowest BCUT2D eigenvalue weighted by molar-refractivity contribution is -0.115. The molecule has 2 N–H and O–H groups in total. The van der Waals surface area contributed by atoms with Crippen LogP contribution >= 0.6 is 11.8 Å². The van der Waals surface area contributed by atoms with Crippen molar-refractivity contribution in [3.05, 3.63) is 48.0 Å². The van der Waals surface area contributed by atoms with Crippen molar-refractivity contribution in [2.75, 3.05) is 10.6 Å². The number of anilines is 2. The molecule has 2 atom stereocenters. The van der Waals surface area contributed by atoms with Crippen LogP contribution in [-0.4, -0.2) is 25.8 Å². The lowest BCUT2D eigenvalue weighted by Crippen LogP contribution is -2.26. The molecule has 1 unspecified atom stereocenters. The molecule has 1 aliphatic heterocycles. The number of carbonyl (C=O) groups is 2. The highest BCUT2D eigenvalue weighted by Gasteiger charge is 2.23. The Balaban J connectivity index is 1.77. The summed E-state index contributed by atoms with van der Waals surface area (Å²) in [5.74, 6) is -0.432. The third-order valence-corrected chi connectivity index (χ3v) is 5.31. The summed E-state index contributed by atoms with van der Waals surface area (Å²) in [5.41, 5.74) is 1.51. The Bertz CT molecular complexity index is 836. The van der Waals surface area contributed by atoms with Gasteiger partial charge in [0.2, 0.25) is 5.91 Å². The molecule has 1 aliphatic rings. The van der Waals surface area contributed by atoms with E-state index in [-0.39, 0.29) is 22.0 Å². The smallest absolute Gasteiger partial charge is 0.255 e. The molecule has 8 heteroatoms. The van der Waals surface area contributed by atoms with Crippen LogP contribution in [0.4, 0.5) is 11.4 Å². The summed E-state index contributed by atoms with van der Waals surface area (Å²) in [6.07, 6.45) is 0. The first-order chi connectivity index (χ1) is 11.4. The van der Waals surface area contributed by atoms with Gasteiger partial charge in [-0.05, 0) is 60.5 Å². The van der Waals surface area contributed by atoms with E-state index in [0.717, 1.165) is 4.90 Å². The topological polar surface area (TPSA) is 98.3 Å². The van der Waals surface area contributed by atoms with Crippen LogP contribution < -0.4 is 10.6 Å². The van der Waals surface area contributed by atoms with Gasteiger partial charge in [0, 0.05) is 21.0 Å². The molecule has 2 amide bonds. The summed E-state index contributed by atoms with van der Waals surface area (Å²) in [5, 5.41) is 5.31. The molecule has 2 aromatic carbocycles. The van der Waals surface area contributed by atoms with Crippen LogP contribution in [0.15, 0.2) is 52.3 Å². The summed E-state index contributed by atoms with van der Waals surface area (Å²) in [4.78, 5) is 25.1. The van der Waals surface area contributed by atoms with E-state index in [0.29, 0.717) is 16.9 Å². The number of carbonyl (C=O) groups excluding carboxylic acids is 2. The van der Waals surface area contributed by atoms with Crippen molar-refractivity contribution in [1.82, 2.24) is 0 Å². The van der Waals surface area contributed by atoms with E-state index in [9.17, 15) is 18.4 Å². The predicted octanol–water partition coefficient (Wildman–Crippen LogP) is 2.61. The van der Waals surface area contributed by atoms with Gasteiger partial charge < -0.3 is 15.2 Å². The Morgan fingerprint density at radius 1 is 1.25 bits per heavy atom. The minimum Gasteiger partial charge on any atom is -0.768 e. The predicted molar refractivity (Wildman–Crippen MR) is 92.0 cm³/mol. The van der Waals surface area contributed by atoms with Crippen molar-refractivity contribution in [3.8, 4) is 0 Å². The van der Waals surface area contributed by atoms with Gasteiger partial charge in [0.05, 0.1) is 10.9 Å². The number of amides is 2. The number of rotatable bonds is 3. The Labute approximate surface area is 145 Å². The Morgan fingerprint density at radius 3 is 2.62 bits per heavy atom. The fraction of sp³-hybridized carbons (Fsp3) is 0.125. The average molecular weight is 361 g/mol. The van der Waals surface area contributed by atoms with Crippen molar-refractivity contribution < 1.29 is 18.4 Å². The van der Waals surface area contributed by atoms with Crippen LogP contribution in [-0.2, 0) is 15.9 Å². The van der Waals surface area contributed by atoms with Gasteiger partial charge in [-0.15, -0.1) is 11.8 Å². The van der Waals surface area contributed by atoms with Crippen molar-refractivity contribution in [3.63, 3.8) is 0 Å². The molecule has 3 rings (SSSR count). The van der Waals surface area contributed by atoms with E-state index in [4.69, 9.17) is 0 Å². The first-order valence-corrected chi connectivity index (χ1v) is 9.02. The van der Waals surface area contributed by atoms with Crippen LogP contribution in [0.2, 0.25) is 0 Å². The summed E-state index contributed by atoms with van der Waals surface area (Å²) >= 11 is -0.853. The highest BCUT2D eigenvalue weighted by atomic mass is 32.2. The van der Waals surface area contributed by atoms with Gasteiger partial charge in [-0.1, -0.05) is 0 Å². The monoisotopic (exact) mass is 361 g/mol. The fourth-order valence-corrected chi connectivity index (χ4v) is 3.49. The van der Waals surface area contributed by atoms with Crippen LogP contribution in [0.3, 0.4) is 0 Å². The minimum absolute atomic E-state index is 0.0914. The van der Waals surface area contributed by atoms with Gasteiger partial charge in [-0.2, -0.15) is 0 Å². The van der Waals surface area contributed by atoms with Crippen molar-refractivity contribution in [1.29, 1.82) is 0 Å². The second-order valence-electron chi connectivity index (χ2n) is 5.17. The van der Waals surface area contributed by atoms with Crippen molar-refractivity contribution in [2.45, 2.75) is 22.0 Å². The second-order valence-corrected chi connectivity index (χ2v) is 7.50. The molecular weight excluding hydrogens is 348 g/mol. The van der Waals surface area contributed by atoms with Crippen LogP contribution in [0.5, 0.6) is 0 Å². The molecule has 0 saturated carbocycles. The zero-order valence-electron chi connectivity index (χ0n) is 12.6. The Hall–Kier alpha value is -2.16. The maximum absolute atomic E-state index is 12.3. The minimum atomic E-state index is -2.30. The summed E-state index contributed by atoms with van der Waals surface area (Å²) in [7, 11) is 0. The fourth-order valence-electron chi connectivity index (χ4n) is 2.20. The number of hydrogen-bond donors (Lipinski definition) is 2. The van der Waals surface area contributed by atoms with E-state index < -0.39 is 11.1 Å². The second kappa shape index (κ2) is 6.76. The van der Waals surface area contributed by atoms with Gasteiger partial charge in [0.1, 0.15) is 0 Å². The summed E-state index contributed by atoms with van der Waals surface area (Å²) in [6.45, 7) is 1.82. The van der Waals surface area contributed by atoms with Crippen LogP contribution in [0, 0.1) is 0 Å². The molecule has 0 saturated heterocycles. The third-order valence-electron chi connectivity index (χ3n) is 3.48. The number of nitrogens with one attached hydrogen (secondary N) is 2. The zero-order chi connectivity index (χ0) is 17.3. The largest absolute Gasteiger partial charge is 0.768 e. The van der Waals surface area contributed by atoms with E-state index in [2.05, 4.69) is 10.6 Å². The molecule has 0 radical (unpaired) electrons. The molecule has 0 aromatic heterocycles. The van der Waals surface area contributed by atoms with Crippen molar-refractivity contribution >= 4 is 46.0 Å². The van der Waals surface area contributed by atoms with Gasteiger partial charge in [0.25, 0.3) is 5.91 Å². The molecule has 6 nitrogen and oxygen atoms in total. The highest BCUT2D eigenvalue weighted by Crippen LogP contribution is 2.36. The quantitative estimate of drug-likeness (QED) is 0.819. The normalized spacial score (nSPS) is 17.6. The summed E-state index contributed by atoms with van der Waals surface area (Å²) in [6, 6.07) is 11.0. The van der Waals surface area contributed by atoms with Crippen LogP contribution in [0.1, 0.15) is 17.3 Å². The van der Waals surface area contributed by atoms with Crippen LogP contribution in [0.25, 0.3) is 0 Å². The highest BCUT2D eigenvalue weighted by molar-refractivity contribution is 8.00. The maximum atomic E-state index is 12.3. The number of fused-ring (bicyclic) bond motifs is 1. The lowest BCUT2D eigenvalue weighted by Gasteiger charge is -2.21. The number of benzene rings is 2. The molecule has 0 aliphatic carbocycles. The molecule has 0 spiro atoms. The molecule has 0 fully saturated rings. The lowest BCUT2D eigenvalue weighted by atomic mass is 10.1. The van der Waals surface area contributed by atoms with Gasteiger partial charge in [-0.25, -0.2) is 0 Å². The molecule has 1 heterocycles. The first kappa shape index (κ1) is 16.7. The first-order valence-electron chi connectivity index (χ1n) is 7.06. The standard InChI is InChI=1S/C16H14N2O4S2/c1-9-15(19)18-13-8-10(2-7-14(13)23-9)16(20)17-11-3-5-12(6-4-11)24(21)22/h2-9H,1H3,(H,17,20)(H,18,19)(H,21,22)/p-1/t9-/m1/s1. The Kier molecular flexibility index (Phi) is 4.70. The SMILES string of the molecule is C[C@H]1Sc2ccc(C(=O)Nc3ccc(S(=O)[O-])cc3)cc2NC1=O. The third kappa shape index (κ3) is 3.50. The van der Waals surface area contributed by atoms with E-state index >= 15 is 0 Å². The van der Waals surface area contributed by atoms with Gasteiger partial charge >= 0.3 is 0 Å². The van der Waals surface area contributed by atoms with Crippen molar-refractivity contribution in [2.24, 2.45) is 0 Å². The molecule has 2 aromatic rings. The number of thioether (sulfide) groups is 1. The maximum Gasteiger partial charge on any atom is 0.255 e. The number of hydrogen-bond acceptors (Lipinski definition) is 5. The van der Waals surface area contributed by atoms with E-state index in [1.807, 2.05) is 6.92 Å². The van der Waals surface area contributed by atoms with Gasteiger partial charge in [-0.3, -0.25) is 13.8 Å².